The SMILES string of the molecule is COc1nc(NC(=O)Cc2ccc(Cl)cc2COCc2ccccc2)ccc1C[C@H]1COC(=O)N1. The number of anilines is 1. The standard InChI is InChI=1S/C26H26ClN3O5/c1-33-25-19(12-22-16-35-26(32)28-22)8-10-23(30-25)29-24(31)13-18-7-9-21(27)11-20(18)15-34-14-17-5-3-2-4-6-17/h2-11,22H,12-16H2,1H3,(H,28,32)(H,29,30,31)/t22-/m0/s1. The van der Waals surface area contributed by atoms with E-state index in [1.807, 2.05) is 48.5 Å². The molecule has 35 heavy (non-hydrogen) atoms. The van der Waals surface area contributed by atoms with Crippen molar-refractivity contribution in [2.75, 3.05) is 19.0 Å². The number of pyridine rings is 1. The van der Waals surface area contributed by atoms with Gasteiger partial charge in [0, 0.05) is 17.0 Å². The molecule has 2 aromatic carbocycles. The van der Waals surface area contributed by atoms with Crippen LogP contribution in [0.4, 0.5) is 10.6 Å². The maximum absolute atomic E-state index is 12.8. The molecule has 2 heterocycles. The number of carbonyl (C=O) groups excluding carboxylic acids is 2. The van der Waals surface area contributed by atoms with E-state index in [-0.39, 0.29) is 18.4 Å². The van der Waals surface area contributed by atoms with Crippen LogP contribution >= 0.6 is 11.6 Å². The quantitative estimate of drug-likeness (QED) is 0.435. The molecule has 8 nitrogen and oxygen atoms in total. The number of carbonyl (C=O) groups is 2. The van der Waals surface area contributed by atoms with Crippen LogP contribution < -0.4 is 15.4 Å². The van der Waals surface area contributed by atoms with Gasteiger partial charge in [-0.25, -0.2) is 4.79 Å². The molecule has 2 amide bonds. The molecule has 1 aliphatic heterocycles. The first-order valence-electron chi connectivity index (χ1n) is 11.2. The number of nitrogens with zero attached hydrogens (tertiary/aromatic N) is 1. The van der Waals surface area contributed by atoms with Crippen LogP contribution in [0, 0.1) is 0 Å². The van der Waals surface area contributed by atoms with Crippen molar-refractivity contribution in [3.05, 3.63) is 87.9 Å². The molecule has 182 valence electrons. The molecular weight excluding hydrogens is 470 g/mol. The summed E-state index contributed by atoms with van der Waals surface area (Å²) in [5.74, 6) is 0.527. The van der Waals surface area contributed by atoms with Gasteiger partial charge >= 0.3 is 6.09 Å². The smallest absolute Gasteiger partial charge is 0.407 e. The number of hydrogen-bond acceptors (Lipinski definition) is 6. The molecule has 0 bridgehead atoms. The van der Waals surface area contributed by atoms with Gasteiger partial charge in [-0.05, 0) is 41.0 Å². The summed E-state index contributed by atoms with van der Waals surface area (Å²) in [6.45, 7) is 1.09. The summed E-state index contributed by atoms with van der Waals surface area (Å²) >= 11 is 6.19. The molecule has 3 aromatic rings. The summed E-state index contributed by atoms with van der Waals surface area (Å²) in [5, 5.41) is 6.13. The molecule has 0 unspecified atom stereocenters. The zero-order valence-electron chi connectivity index (χ0n) is 19.3. The van der Waals surface area contributed by atoms with Gasteiger partial charge in [0.05, 0.1) is 32.8 Å². The first kappa shape index (κ1) is 24.5. The molecule has 1 fully saturated rings. The predicted molar refractivity (Wildman–Crippen MR) is 131 cm³/mol. The maximum Gasteiger partial charge on any atom is 0.407 e. The van der Waals surface area contributed by atoms with Gasteiger partial charge in [0.1, 0.15) is 12.4 Å². The van der Waals surface area contributed by atoms with Crippen molar-refractivity contribution in [3.63, 3.8) is 0 Å². The van der Waals surface area contributed by atoms with E-state index < -0.39 is 6.09 Å². The third kappa shape index (κ3) is 6.94. The Labute approximate surface area is 208 Å². The Morgan fingerprint density at radius 1 is 1.11 bits per heavy atom. The normalized spacial score (nSPS) is 14.8. The van der Waals surface area contributed by atoms with E-state index in [2.05, 4.69) is 15.6 Å². The fourth-order valence-corrected chi connectivity index (χ4v) is 3.98. The number of alkyl carbamates (subject to hydrolysis) is 1. The highest BCUT2D eigenvalue weighted by Gasteiger charge is 2.24. The Balaban J connectivity index is 1.37. The third-order valence-corrected chi connectivity index (χ3v) is 5.73. The minimum Gasteiger partial charge on any atom is -0.481 e. The lowest BCUT2D eigenvalue weighted by atomic mass is 10.0. The van der Waals surface area contributed by atoms with Crippen molar-refractivity contribution < 1.29 is 23.8 Å². The Hall–Kier alpha value is -3.62. The van der Waals surface area contributed by atoms with E-state index in [9.17, 15) is 9.59 Å². The monoisotopic (exact) mass is 495 g/mol. The lowest BCUT2D eigenvalue weighted by molar-refractivity contribution is -0.115. The van der Waals surface area contributed by atoms with Crippen molar-refractivity contribution >= 4 is 29.4 Å². The zero-order valence-corrected chi connectivity index (χ0v) is 20.0. The van der Waals surface area contributed by atoms with Crippen LogP contribution in [0.25, 0.3) is 0 Å². The molecule has 1 aromatic heterocycles. The van der Waals surface area contributed by atoms with E-state index in [0.29, 0.717) is 43.0 Å². The van der Waals surface area contributed by atoms with E-state index >= 15 is 0 Å². The average Bonchev–Trinajstić information content (AvgIpc) is 3.26. The summed E-state index contributed by atoms with van der Waals surface area (Å²) in [6, 6.07) is 18.7. The summed E-state index contributed by atoms with van der Waals surface area (Å²) in [7, 11) is 1.51. The highest BCUT2D eigenvalue weighted by molar-refractivity contribution is 6.30. The number of ether oxygens (including phenoxy) is 3. The lowest BCUT2D eigenvalue weighted by Gasteiger charge is -2.14. The average molecular weight is 496 g/mol. The number of rotatable bonds is 10. The van der Waals surface area contributed by atoms with Gasteiger partial charge < -0.3 is 24.8 Å². The van der Waals surface area contributed by atoms with Crippen molar-refractivity contribution in [3.8, 4) is 5.88 Å². The van der Waals surface area contributed by atoms with Crippen LogP contribution in [0.15, 0.2) is 60.7 Å². The number of cyclic esters (lactones) is 1. The molecule has 0 radical (unpaired) electrons. The first-order valence-corrected chi connectivity index (χ1v) is 11.5. The summed E-state index contributed by atoms with van der Waals surface area (Å²) in [5.41, 5.74) is 3.54. The second-order valence-electron chi connectivity index (χ2n) is 8.13. The van der Waals surface area contributed by atoms with Crippen molar-refractivity contribution in [2.45, 2.75) is 32.1 Å². The Bertz CT molecular complexity index is 1190. The van der Waals surface area contributed by atoms with Gasteiger partial charge in [-0.1, -0.05) is 48.0 Å². The topological polar surface area (TPSA) is 98.8 Å². The maximum atomic E-state index is 12.8. The number of methoxy groups -OCH3 is 1. The zero-order chi connectivity index (χ0) is 24.6. The third-order valence-electron chi connectivity index (χ3n) is 5.49. The molecular formula is C26H26ClN3O5. The highest BCUT2D eigenvalue weighted by Crippen LogP contribution is 2.22. The second kappa shape index (κ2) is 11.7. The van der Waals surface area contributed by atoms with E-state index in [0.717, 1.165) is 22.3 Å². The van der Waals surface area contributed by atoms with Crippen molar-refractivity contribution in [2.24, 2.45) is 0 Å². The Kier molecular flexibility index (Phi) is 8.18. The molecule has 4 rings (SSSR count). The molecule has 0 aliphatic carbocycles. The van der Waals surface area contributed by atoms with Crippen LogP contribution in [0.1, 0.15) is 22.3 Å². The van der Waals surface area contributed by atoms with Crippen LogP contribution in [0.3, 0.4) is 0 Å². The predicted octanol–water partition coefficient (Wildman–Crippen LogP) is 4.29. The molecule has 9 heteroatoms. The Morgan fingerprint density at radius 3 is 2.66 bits per heavy atom. The van der Waals surface area contributed by atoms with Crippen LogP contribution in [0.5, 0.6) is 5.88 Å². The molecule has 0 spiro atoms. The molecule has 1 aliphatic rings. The van der Waals surface area contributed by atoms with Crippen LogP contribution in [0.2, 0.25) is 5.02 Å². The summed E-state index contributed by atoms with van der Waals surface area (Å²) in [6.07, 6.45) is 0.212. The number of nitrogens with one attached hydrogen (secondary N) is 2. The molecule has 2 N–H and O–H groups in total. The van der Waals surface area contributed by atoms with Crippen molar-refractivity contribution in [1.82, 2.24) is 10.3 Å². The fraction of sp³-hybridized carbons (Fsp3) is 0.269. The largest absolute Gasteiger partial charge is 0.481 e. The fourth-order valence-electron chi connectivity index (χ4n) is 3.79. The van der Waals surface area contributed by atoms with E-state index in [1.54, 1.807) is 12.1 Å². The van der Waals surface area contributed by atoms with Gasteiger partial charge in [0.25, 0.3) is 0 Å². The molecule has 1 atom stereocenters. The molecule has 0 saturated carbocycles. The van der Waals surface area contributed by atoms with Gasteiger partial charge in [0.2, 0.25) is 11.8 Å². The lowest BCUT2D eigenvalue weighted by Crippen LogP contribution is -2.28. The number of halogens is 1. The second-order valence-corrected chi connectivity index (χ2v) is 8.56. The molecule has 1 saturated heterocycles. The first-order chi connectivity index (χ1) is 17.0. The number of amides is 2. The van der Waals surface area contributed by atoms with Crippen molar-refractivity contribution in [1.29, 1.82) is 0 Å². The number of hydrogen-bond donors (Lipinski definition) is 2. The van der Waals surface area contributed by atoms with Gasteiger partial charge in [-0.2, -0.15) is 4.98 Å². The van der Waals surface area contributed by atoms with Crippen LogP contribution in [-0.4, -0.2) is 36.7 Å². The number of benzene rings is 2. The van der Waals surface area contributed by atoms with E-state index in [4.69, 9.17) is 25.8 Å². The minimum absolute atomic E-state index is 0.137. The van der Waals surface area contributed by atoms with Gasteiger partial charge in [-0.15, -0.1) is 0 Å². The summed E-state index contributed by atoms with van der Waals surface area (Å²) in [4.78, 5) is 28.4. The number of aromatic nitrogens is 1. The Morgan fingerprint density at radius 2 is 1.91 bits per heavy atom. The van der Waals surface area contributed by atoms with Gasteiger partial charge in [0.15, 0.2) is 0 Å². The van der Waals surface area contributed by atoms with Crippen LogP contribution in [-0.2, 0) is 40.3 Å². The van der Waals surface area contributed by atoms with E-state index in [1.165, 1.54) is 7.11 Å². The van der Waals surface area contributed by atoms with Gasteiger partial charge in [-0.3, -0.25) is 4.79 Å². The highest BCUT2D eigenvalue weighted by atomic mass is 35.5. The summed E-state index contributed by atoms with van der Waals surface area (Å²) < 4.78 is 16.2. The minimum atomic E-state index is -0.433.